The summed E-state index contributed by atoms with van der Waals surface area (Å²) in [6.07, 6.45) is -1.63. The number of carbonyl (C=O) groups excluding carboxylic acids is 3. The number of hydrogen-bond acceptors (Lipinski definition) is 8. The maximum Gasteiger partial charge on any atom is 0.339 e. The Labute approximate surface area is 265 Å². The number of ketones is 1. The van der Waals surface area contributed by atoms with E-state index in [9.17, 15) is 14.4 Å². The van der Waals surface area contributed by atoms with Gasteiger partial charge in [-0.1, -0.05) is 79.7 Å². The van der Waals surface area contributed by atoms with E-state index in [1.165, 1.54) is 0 Å². The van der Waals surface area contributed by atoms with Crippen molar-refractivity contribution in [2.24, 2.45) is 16.7 Å². The molecular weight excluding hydrogens is 560 g/mol. The summed E-state index contributed by atoms with van der Waals surface area (Å²) in [4.78, 5) is 40.3. The van der Waals surface area contributed by atoms with Crippen LogP contribution in [0.5, 0.6) is 0 Å². The molecular formula is C36H58O8. The molecule has 2 unspecified atom stereocenters. The van der Waals surface area contributed by atoms with Gasteiger partial charge in [-0.15, -0.1) is 0 Å². The number of esters is 2. The molecule has 0 bridgehead atoms. The molecule has 0 spiro atoms. The molecule has 0 aromatic heterocycles. The van der Waals surface area contributed by atoms with E-state index < -0.39 is 47.2 Å². The average molecular weight is 619 g/mol. The van der Waals surface area contributed by atoms with E-state index in [-0.39, 0.29) is 16.6 Å². The van der Waals surface area contributed by atoms with E-state index in [0.29, 0.717) is 36.5 Å². The third kappa shape index (κ3) is 11.9. The molecule has 44 heavy (non-hydrogen) atoms. The van der Waals surface area contributed by atoms with Crippen LogP contribution < -0.4 is 0 Å². The lowest BCUT2D eigenvalue weighted by Gasteiger charge is -2.34. The smallest absolute Gasteiger partial charge is 0.339 e. The zero-order valence-electron chi connectivity index (χ0n) is 29.7. The van der Waals surface area contributed by atoms with Crippen molar-refractivity contribution in [2.75, 3.05) is 6.61 Å². The van der Waals surface area contributed by atoms with E-state index in [1.54, 1.807) is 38.1 Å². The summed E-state index contributed by atoms with van der Waals surface area (Å²) in [5.41, 5.74) is -1.76. The number of rotatable bonds is 13. The SMILES string of the molecule is CC(C)CCOC(C)(C)C(=O)c1ccc(C2OC(C(=O)OC(C)(C)CC(C)(C)C)C(C(=O)OC(C)(C)CC(C)(C)C)O2)cc1. The first-order valence-corrected chi connectivity index (χ1v) is 15.9. The van der Waals surface area contributed by atoms with Crippen LogP contribution in [0.1, 0.15) is 138 Å². The Morgan fingerprint density at radius 2 is 1.11 bits per heavy atom. The minimum atomic E-state index is -1.33. The third-order valence-electron chi connectivity index (χ3n) is 7.10. The molecule has 1 fully saturated rings. The molecule has 250 valence electrons. The molecule has 1 heterocycles. The Bertz CT molecular complexity index is 1080. The lowest BCUT2D eigenvalue weighted by atomic mass is 9.83. The molecule has 0 amide bonds. The fourth-order valence-corrected chi connectivity index (χ4v) is 6.00. The Hall–Kier alpha value is -2.29. The Morgan fingerprint density at radius 3 is 1.48 bits per heavy atom. The predicted molar refractivity (Wildman–Crippen MR) is 171 cm³/mol. The fraction of sp³-hybridized carbons (Fsp3) is 0.750. The first-order chi connectivity index (χ1) is 19.8. The summed E-state index contributed by atoms with van der Waals surface area (Å²) in [5.74, 6) is -1.05. The maximum atomic E-state index is 13.5. The van der Waals surface area contributed by atoms with Crippen LogP contribution in [0.3, 0.4) is 0 Å². The maximum absolute atomic E-state index is 13.5. The van der Waals surface area contributed by atoms with E-state index in [2.05, 4.69) is 55.4 Å². The molecule has 1 aliphatic heterocycles. The summed E-state index contributed by atoms with van der Waals surface area (Å²) in [7, 11) is 0. The van der Waals surface area contributed by atoms with Crippen LogP contribution in [0.15, 0.2) is 24.3 Å². The van der Waals surface area contributed by atoms with Gasteiger partial charge < -0.3 is 23.7 Å². The third-order valence-corrected chi connectivity index (χ3v) is 7.10. The molecule has 2 atom stereocenters. The molecule has 8 nitrogen and oxygen atoms in total. The zero-order chi connectivity index (χ0) is 33.9. The lowest BCUT2D eigenvalue weighted by Crippen LogP contribution is -2.45. The second-order valence-corrected chi connectivity index (χ2v) is 16.8. The zero-order valence-corrected chi connectivity index (χ0v) is 29.7. The average Bonchev–Trinajstić information content (AvgIpc) is 3.25. The van der Waals surface area contributed by atoms with Crippen molar-refractivity contribution in [1.29, 1.82) is 0 Å². The van der Waals surface area contributed by atoms with Crippen molar-refractivity contribution in [1.82, 2.24) is 0 Å². The van der Waals surface area contributed by atoms with Gasteiger partial charge in [0.1, 0.15) is 16.8 Å². The number of carbonyl (C=O) groups is 3. The van der Waals surface area contributed by atoms with E-state index in [1.807, 2.05) is 27.7 Å². The number of hydrogen-bond donors (Lipinski definition) is 0. The highest BCUT2D eigenvalue weighted by Gasteiger charge is 2.50. The summed E-state index contributed by atoms with van der Waals surface area (Å²) in [5, 5.41) is 0. The molecule has 1 aromatic rings. The predicted octanol–water partition coefficient (Wildman–Crippen LogP) is 8.01. The van der Waals surface area contributed by atoms with Crippen molar-refractivity contribution in [3.05, 3.63) is 35.4 Å². The van der Waals surface area contributed by atoms with Gasteiger partial charge in [-0.05, 0) is 77.6 Å². The molecule has 1 saturated heterocycles. The summed E-state index contributed by atoms with van der Waals surface area (Å²) >= 11 is 0. The van der Waals surface area contributed by atoms with Gasteiger partial charge in [-0.25, -0.2) is 9.59 Å². The molecule has 0 aliphatic carbocycles. The summed E-state index contributed by atoms with van der Waals surface area (Å²) in [6, 6.07) is 6.75. The monoisotopic (exact) mass is 618 g/mol. The van der Waals surface area contributed by atoms with Gasteiger partial charge in [0.05, 0.1) is 0 Å². The van der Waals surface area contributed by atoms with Crippen molar-refractivity contribution in [3.63, 3.8) is 0 Å². The molecule has 1 aromatic carbocycles. The quantitative estimate of drug-likeness (QED) is 0.162. The van der Waals surface area contributed by atoms with Gasteiger partial charge in [0.25, 0.3) is 0 Å². The second kappa shape index (κ2) is 14.0. The van der Waals surface area contributed by atoms with Crippen LogP contribution in [0.4, 0.5) is 0 Å². The van der Waals surface area contributed by atoms with Crippen LogP contribution in [-0.4, -0.2) is 53.3 Å². The first kappa shape index (κ1) is 37.9. The topological polar surface area (TPSA) is 97.4 Å². The molecule has 8 heteroatoms. The minimum absolute atomic E-state index is 0.0954. The van der Waals surface area contributed by atoms with Crippen LogP contribution in [-0.2, 0) is 33.3 Å². The highest BCUT2D eigenvalue weighted by atomic mass is 16.8. The lowest BCUT2D eigenvalue weighted by molar-refractivity contribution is -0.179. The van der Waals surface area contributed by atoms with Crippen LogP contribution >= 0.6 is 0 Å². The van der Waals surface area contributed by atoms with Crippen LogP contribution in [0.2, 0.25) is 0 Å². The Morgan fingerprint density at radius 1 is 0.705 bits per heavy atom. The Kier molecular flexibility index (Phi) is 12.1. The molecule has 0 N–H and O–H groups in total. The van der Waals surface area contributed by atoms with Gasteiger partial charge in [-0.2, -0.15) is 0 Å². The molecule has 0 radical (unpaired) electrons. The van der Waals surface area contributed by atoms with Gasteiger partial charge in [0.2, 0.25) is 0 Å². The van der Waals surface area contributed by atoms with E-state index in [0.717, 1.165) is 6.42 Å². The first-order valence-electron chi connectivity index (χ1n) is 15.9. The minimum Gasteiger partial charge on any atom is -0.458 e. The number of Topliss-reactive ketones (excluding diaryl/α,β-unsaturated/α-hetero) is 1. The van der Waals surface area contributed by atoms with Gasteiger partial charge in [0, 0.05) is 17.7 Å². The van der Waals surface area contributed by atoms with Gasteiger partial charge in [0.15, 0.2) is 24.3 Å². The highest BCUT2D eigenvalue weighted by molar-refractivity contribution is 6.02. The van der Waals surface area contributed by atoms with Crippen molar-refractivity contribution < 1.29 is 38.1 Å². The van der Waals surface area contributed by atoms with E-state index in [4.69, 9.17) is 23.7 Å². The van der Waals surface area contributed by atoms with Crippen molar-refractivity contribution >= 4 is 17.7 Å². The van der Waals surface area contributed by atoms with Gasteiger partial charge in [-0.3, -0.25) is 4.79 Å². The number of benzene rings is 1. The van der Waals surface area contributed by atoms with Crippen LogP contribution in [0, 0.1) is 16.7 Å². The standard InChI is InChI=1S/C36H58O8/c1-23(2)19-20-40-36(13,14)28(37)24-15-17-25(18-16-24)31-41-26(29(38)43-34(9,10)21-32(3,4)5)27(42-31)30(39)44-35(11,12)22-33(6,7)8/h15-18,23,26-27,31H,19-22H2,1-14H3. The highest BCUT2D eigenvalue weighted by Crippen LogP contribution is 2.37. The largest absolute Gasteiger partial charge is 0.458 e. The van der Waals surface area contributed by atoms with Crippen molar-refractivity contribution in [3.8, 4) is 0 Å². The van der Waals surface area contributed by atoms with E-state index >= 15 is 0 Å². The van der Waals surface area contributed by atoms with Crippen LogP contribution in [0.25, 0.3) is 0 Å². The summed E-state index contributed by atoms with van der Waals surface area (Å²) < 4.78 is 29.8. The summed E-state index contributed by atoms with van der Waals surface area (Å²) in [6.45, 7) is 28.0. The normalized spacial score (nSPS) is 20.1. The van der Waals surface area contributed by atoms with Crippen molar-refractivity contribution in [2.45, 2.75) is 151 Å². The molecule has 2 rings (SSSR count). The second-order valence-electron chi connectivity index (χ2n) is 16.8. The molecule has 1 aliphatic rings. The fourth-order valence-electron chi connectivity index (χ4n) is 6.00. The molecule has 0 saturated carbocycles. The van der Waals surface area contributed by atoms with Gasteiger partial charge >= 0.3 is 11.9 Å². The Balaban J connectivity index is 2.30. The number of ether oxygens (including phenoxy) is 5.